The van der Waals surface area contributed by atoms with Crippen LogP contribution in [-0.4, -0.2) is 17.9 Å². The van der Waals surface area contributed by atoms with E-state index in [-0.39, 0.29) is 17.9 Å². The lowest BCUT2D eigenvalue weighted by Gasteiger charge is -2.27. The average molecular weight is 519 g/mol. The van der Waals surface area contributed by atoms with Crippen molar-refractivity contribution < 1.29 is 9.59 Å². The zero-order valence-electron chi connectivity index (χ0n) is 21.9. The Hall–Kier alpha value is -4.58. The zero-order valence-corrected chi connectivity index (χ0v) is 21.9. The number of fused-ring (bicyclic) bond motifs is 1. The third-order valence-electron chi connectivity index (χ3n) is 7.19. The second kappa shape index (κ2) is 12.3. The molecule has 5 N–H and O–H groups in total. The van der Waals surface area contributed by atoms with Crippen LogP contribution in [0.2, 0.25) is 0 Å². The number of carbonyl (C=O) groups excluding carboxylic acids is 2. The fourth-order valence-corrected chi connectivity index (χ4v) is 5.03. The van der Waals surface area contributed by atoms with Gasteiger partial charge in [0.25, 0.3) is 0 Å². The fraction of sp³-hybridized carbons (Fsp3) is 0.212. The highest BCUT2D eigenvalue weighted by Crippen LogP contribution is 2.26. The van der Waals surface area contributed by atoms with Crippen LogP contribution in [0.3, 0.4) is 0 Å². The van der Waals surface area contributed by atoms with E-state index in [2.05, 4.69) is 40.2 Å². The molecule has 1 saturated carbocycles. The molecule has 0 heterocycles. The molecule has 6 heteroatoms. The largest absolute Gasteiger partial charge is 0.397 e. The van der Waals surface area contributed by atoms with Crippen LogP contribution in [0.25, 0.3) is 16.8 Å². The molecule has 1 aliphatic rings. The van der Waals surface area contributed by atoms with Gasteiger partial charge in [-0.15, -0.1) is 0 Å². The van der Waals surface area contributed by atoms with Crippen LogP contribution in [-0.2, 0) is 9.59 Å². The van der Waals surface area contributed by atoms with Crippen LogP contribution < -0.4 is 21.7 Å². The second-order valence-electron chi connectivity index (χ2n) is 10.1. The Morgan fingerprint density at radius 3 is 2.31 bits per heavy atom. The number of hydrogen-bond donors (Lipinski definition) is 4. The van der Waals surface area contributed by atoms with Crippen molar-refractivity contribution in [2.75, 3.05) is 16.4 Å². The van der Waals surface area contributed by atoms with Gasteiger partial charge >= 0.3 is 0 Å². The molecule has 0 bridgehead atoms. The lowest BCUT2D eigenvalue weighted by molar-refractivity contribution is -0.122. The Balaban J connectivity index is 1.32. The normalized spacial score (nSPS) is 14.7. The first-order chi connectivity index (χ1) is 19.0. The summed E-state index contributed by atoms with van der Waals surface area (Å²) in [6, 6.07) is 28.8. The summed E-state index contributed by atoms with van der Waals surface area (Å²) in [6.07, 6.45) is 8.80. The van der Waals surface area contributed by atoms with Crippen molar-refractivity contribution >= 4 is 45.7 Å². The topological polar surface area (TPSA) is 96.2 Å². The zero-order chi connectivity index (χ0) is 27.0. The third kappa shape index (κ3) is 6.85. The molecule has 39 heavy (non-hydrogen) atoms. The Morgan fingerprint density at radius 1 is 0.821 bits per heavy atom. The minimum atomic E-state index is -0.546. The number of benzene rings is 4. The van der Waals surface area contributed by atoms with E-state index >= 15 is 0 Å². The van der Waals surface area contributed by atoms with Gasteiger partial charge in [0.05, 0.1) is 11.4 Å². The molecule has 0 spiro atoms. The lowest BCUT2D eigenvalue weighted by atomic mass is 9.94. The maximum atomic E-state index is 13.5. The summed E-state index contributed by atoms with van der Waals surface area (Å²) in [5, 5.41) is 11.8. The molecule has 0 aromatic heterocycles. The second-order valence-corrected chi connectivity index (χ2v) is 10.1. The number of nitrogens with two attached hydrogens (primary N) is 1. The predicted molar refractivity (Wildman–Crippen MR) is 160 cm³/mol. The molecule has 4 aromatic rings. The molecular formula is C33H34N4O2. The molecular weight excluding hydrogens is 484 g/mol. The highest BCUT2D eigenvalue weighted by molar-refractivity contribution is 6.03. The number of rotatable bonds is 8. The molecule has 1 fully saturated rings. The third-order valence-corrected chi connectivity index (χ3v) is 7.19. The van der Waals surface area contributed by atoms with Gasteiger partial charge in [-0.1, -0.05) is 86.0 Å². The molecule has 1 aliphatic carbocycles. The summed E-state index contributed by atoms with van der Waals surface area (Å²) in [5.41, 5.74) is 9.60. The number of para-hydroxylation sites is 2. The van der Waals surface area contributed by atoms with Crippen molar-refractivity contribution in [3.8, 4) is 0 Å². The molecule has 4 aromatic carbocycles. The van der Waals surface area contributed by atoms with Crippen molar-refractivity contribution in [1.29, 1.82) is 0 Å². The van der Waals surface area contributed by atoms with Gasteiger partial charge < -0.3 is 21.7 Å². The molecule has 0 radical (unpaired) electrons. The van der Waals surface area contributed by atoms with Gasteiger partial charge in [0, 0.05) is 17.8 Å². The van der Waals surface area contributed by atoms with Gasteiger partial charge in [0.1, 0.15) is 6.04 Å². The Bertz CT molecular complexity index is 1470. The number of amides is 2. The van der Waals surface area contributed by atoms with E-state index in [0.717, 1.165) is 53.3 Å². The highest BCUT2D eigenvalue weighted by atomic mass is 16.2. The molecule has 198 valence electrons. The van der Waals surface area contributed by atoms with Crippen molar-refractivity contribution in [2.24, 2.45) is 0 Å². The summed E-state index contributed by atoms with van der Waals surface area (Å²) >= 11 is 0. The average Bonchev–Trinajstić information content (AvgIpc) is 2.97. The molecule has 0 saturated heterocycles. The SMILES string of the molecule is Nc1ccccc1NC(=O)C=Cc1ccc(C(Nc2ccc3ccccc3c2)C(=O)NC2CCCCC2)cc1. The van der Waals surface area contributed by atoms with E-state index in [9.17, 15) is 9.59 Å². The van der Waals surface area contributed by atoms with Crippen LogP contribution in [0.4, 0.5) is 17.1 Å². The first-order valence-corrected chi connectivity index (χ1v) is 13.5. The standard InChI is InChI=1S/C33H34N4O2/c34-29-12-6-7-13-30(29)37-31(38)21-16-23-14-17-25(18-15-23)32(33(39)36-27-10-2-1-3-11-27)35-28-20-19-24-8-4-5-9-26(24)22-28/h4-9,12-22,27,32,35H,1-3,10-11,34H2,(H,36,39)(H,37,38). The number of anilines is 3. The predicted octanol–water partition coefficient (Wildman–Crippen LogP) is 6.68. The Morgan fingerprint density at radius 2 is 1.54 bits per heavy atom. The van der Waals surface area contributed by atoms with Gasteiger partial charge in [-0.2, -0.15) is 0 Å². The quantitative estimate of drug-likeness (QED) is 0.155. The summed E-state index contributed by atoms with van der Waals surface area (Å²) in [4.78, 5) is 25.9. The number of hydrogen-bond acceptors (Lipinski definition) is 4. The highest BCUT2D eigenvalue weighted by Gasteiger charge is 2.24. The van der Waals surface area contributed by atoms with Crippen molar-refractivity contribution in [3.63, 3.8) is 0 Å². The molecule has 0 aliphatic heterocycles. The van der Waals surface area contributed by atoms with Gasteiger partial charge in [-0.25, -0.2) is 0 Å². The van der Waals surface area contributed by atoms with E-state index in [0.29, 0.717) is 11.4 Å². The first-order valence-electron chi connectivity index (χ1n) is 13.5. The van der Waals surface area contributed by atoms with Crippen LogP contribution in [0.15, 0.2) is 97.1 Å². The van der Waals surface area contributed by atoms with Crippen molar-refractivity contribution in [2.45, 2.75) is 44.2 Å². The maximum absolute atomic E-state index is 13.5. The van der Waals surface area contributed by atoms with E-state index in [1.165, 1.54) is 12.5 Å². The number of nitrogen functional groups attached to an aromatic ring is 1. The van der Waals surface area contributed by atoms with Gasteiger partial charge in [-0.05, 0) is 65.1 Å². The van der Waals surface area contributed by atoms with E-state index in [1.807, 2.05) is 54.6 Å². The Kier molecular flexibility index (Phi) is 8.22. The fourth-order valence-electron chi connectivity index (χ4n) is 5.03. The Labute approximate surface area is 229 Å². The minimum absolute atomic E-state index is 0.0295. The summed E-state index contributed by atoms with van der Waals surface area (Å²) in [5.74, 6) is -0.294. The van der Waals surface area contributed by atoms with Crippen molar-refractivity contribution in [3.05, 3.63) is 108 Å². The van der Waals surface area contributed by atoms with Gasteiger partial charge in [-0.3, -0.25) is 9.59 Å². The van der Waals surface area contributed by atoms with Crippen LogP contribution >= 0.6 is 0 Å². The lowest BCUT2D eigenvalue weighted by Crippen LogP contribution is -2.41. The van der Waals surface area contributed by atoms with Crippen molar-refractivity contribution in [1.82, 2.24) is 5.32 Å². The molecule has 1 atom stereocenters. The van der Waals surface area contributed by atoms with Crippen LogP contribution in [0.1, 0.15) is 49.3 Å². The van der Waals surface area contributed by atoms with E-state index in [1.54, 1.807) is 18.2 Å². The number of carbonyl (C=O) groups is 2. The van der Waals surface area contributed by atoms with E-state index < -0.39 is 6.04 Å². The smallest absolute Gasteiger partial charge is 0.248 e. The van der Waals surface area contributed by atoms with Gasteiger partial charge in [0.2, 0.25) is 11.8 Å². The van der Waals surface area contributed by atoms with Gasteiger partial charge in [0.15, 0.2) is 0 Å². The molecule has 5 rings (SSSR count). The molecule has 2 amide bonds. The summed E-state index contributed by atoms with van der Waals surface area (Å²) in [7, 11) is 0. The van der Waals surface area contributed by atoms with Crippen LogP contribution in [0.5, 0.6) is 0 Å². The summed E-state index contributed by atoms with van der Waals surface area (Å²) < 4.78 is 0. The monoisotopic (exact) mass is 518 g/mol. The van der Waals surface area contributed by atoms with Crippen LogP contribution in [0, 0.1) is 0 Å². The summed E-state index contributed by atoms with van der Waals surface area (Å²) in [6.45, 7) is 0. The molecule has 6 nitrogen and oxygen atoms in total. The van der Waals surface area contributed by atoms with E-state index in [4.69, 9.17) is 5.73 Å². The maximum Gasteiger partial charge on any atom is 0.248 e. The first kappa shape index (κ1) is 26.0. The number of nitrogens with one attached hydrogen (secondary N) is 3. The minimum Gasteiger partial charge on any atom is -0.397 e. The molecule has 1 unspecified atom stereocenters.